The molecule has 0 bridgehead atoms. The van der Waals surface area contributed by atoms with E-state index >= 15 is 0 Å². The number of nitrogens with zero attached hydrogens (tertiary/aromatic N) is 3. The van der Waals surface area contributed by atoms with Crippen LogP contribution < -0.4 is 5.32 Å². The second-order valence-electron chi connectivity index (χ2n) is 6.32. The summed E-state index contributed by atoms with van der Waals surface area (Å²) in [7, 11) is 0. The van der Waals surface area contributed by atoms with E-state index in [2.05, 4.69) is 22.4 Å². The maximum Gasteiger partial charge on any atom is 0.230 e. The monoisotopic (exact) mass is 418 g/mol. The minimum atomic E-state index is 0.00157. The lowest BCUT2D eigenvalue weighted by atomic mass is 10.2. The maximum atomic E-state index is 12.1. The van der Waals surface area contributed by atoms with Crippen molar-refractivity contribution in [2.45, 2.75) is 37.9 Å². The van der Waals surface area contributed by atoms with Crippen molar-refractivity contribution in [1.29, 1.82) is 0 Å². The maximum absolute atomic E-state index is 12.1. The highest BCUT2D eigenvalue weighted by Gasteiger charge is 2.17. The lowest BCUT2D eigenvalue weighted by Gasteiger charge is -2.09. The van der Waals surface area contributed by atoms with E-state index < -0.39 is 0 Å². The van der Waals surface area contributed by atoms with E-state index in [-0.39, 0.29) is 5.91 Å². The van der Waals surface area contributed by atoms with Gasteiger partial charge >= 0.3 is 0 Å². The summed E-state index contributed by atoms with van der Waals surface area (Å²) in [5.41, 5.74) is 0.902. The van der Waals surface area contributed by atoms with Crippen molar-refractivity contribution in [1.82, 2.24) is 20.1 Å². The molecule has 0 spiro atoms. The van der Waals surface area contributed by atoms with Crippen LogP contribution in [0.15, 0.2) is 52.2 Å². The Labute approximate surface area is 173 Å². The molecule has 0 saturated carbocycles. The van der Waals surface area contributed by atoms with Crippen molar-refractivity contribution in [2.75, 3.05) is 12.3 Å². The van der Waals surface area contributed by atoms with Crippen LogP contribution in [0, 0.1) is 0 Å². The standard InChI is InChI=1S/C20H23ClN4O2S/c1-2-3-4-11-22-18(26)14-28-20-24-23-19(15-7-9-16(21)10-8-15)25(20)13-17-6-5-12-27-17/h5-10,12H,2-4,11,13-14H2,1H3,(H,22,26). The molecule has 0 fully saturated rings. The van der Waals surface area contributed by atoms with Crippen molar-refractivity contribution >= 4 is 29.3 Å². The van der Waals surface area contributed by atoms with Gasteiger partial charge in [-0.1, -0.05) is 43.1 Å². The number of carbonyl (C=O) groups is 1. The fourth-order valence-corrected chi connectivity index (χ4v) is 3.59. The fraction of sp³-hybridized carbons (Fsp3) is 0.350. The van der Waals surface area contributed by atoms with Gasteiger partial charge in [-0.3, -0.25) is 9.36 Å². The van der Waals surface area contributed by atoms with Crippen molar-refractivity contribution in [3.63, 3.8) is 0 Å². The second-order valence-corrected chi connectivity index (χ2v) is 7.70. The number of amides is 1. The van der Waals surface area contributed by atoms with E-state index in [9.17, 15) is 4.79 Å². The van der Waals surface area contributed by atoms with Gasteiger partial charge in [0.1, 0.15) is 5.76 Å². The van der Waals surface area contributed by atoms with Crippen LogP contribution in [-0.4, -0.2) is 33.0 Å². The Morgan fingerprint density at radius 1 is 1.21 bits per heavy atom. The first-order valence-electron chi connectivity index (χ1n) is 9.28. The first-order chi connectivity index (χ1) is 13.7. The Bertz CT molecular complexity index is 878. The molecule has 3 rings (SSSR count). The van der Waals surface area contributed by atoms with Crippen LogP contribution in [0.3, 0.4) is 0 Å². The number of carbonyl (C=O) groups excluding carboxylic acids is 1. The molecule has 0 radical (unpaired) electrons. The molecule has 0 unspecified atom stereocenters. The number of furan rings is 1. The predicted molar refractivity (Wildman–Crippen MR) is 112 cm³/mol. The molecule has 0 aliphatic rings. The van der Waals surface area contributed by atoms with E-state index in [0.717, 1.165) is 30.6 Å². The number of nitrogens with one attached hydrogen (secondary N) is 1. The van der Waals surface area contributed by atoms with Gasteiger partial charge in [-0.25, -0.2) is 0 Å². The summed E-state index contributed by atoms with van der Waals surface area (Å²) in [6, 6.07) is 11.2. The molecule has 3 aromatic rings. The highest BCUT2D eigenvalue weighted by atomic mass is 35.5. The minimum Gasteiger partial charge on any atom is -0.467 e. The molecule has 2 aromatic heterocycles. The van der Waals surface area contributed by atoms with Crippen molar-refractivity contribution < 1.29 is 9.21 Å². The molecule has 1 amide bonds. The first-order valence-corrected chi connectivity index (χ1v) is 10.6. The smallest absolute Gasteiger partial charge is 0.230 e. The topological polar surface area (TPSA) is 73.0 Å². The van der Waals surface area contributed by atoms with Crippen LogP contribution in [0.25, 0.3) is 11.4 Å². The summed E-state index contributed by atoms with van der Waals surface area (Å²) in [5.74, 6) is 1.80. The van der Waals surface area contributed by atoms with Crippen LogP contribution in [0.2, 0.25) is 5.02 Å². The molecule has 8 heteroatoms. The molecular formula is C20H23ClN4O2S. The SMILES string of the molecule is CCCCCNC(=O)CSc1nnc(-c2ccc(Cl)cc2)n1Cc1ccco1. The summed E-state index contributed by atoms with van der Waals surface area (Å²) in [6.45, 7) is 3.34. The summed E-state index contributed by atoms with van der Waals surface area (Å²) in [5, 5.41) is 12.9. The van der Waals surface area contributed by atoms with Gasteiger partial charge in [0.15, 0.2) is 11.0 Å². The summed E-state index contributed by atoms with van der Waals surface area (Å²) in [4.78, 5) is 12.1. The fourth-order valence-electron chi connectivity index (χ4n) is 2.69. The van der Waals surface area contributed by atoms with Gasteiger partial charge < -0.3 is 9.73 Å². The lowest BCUT2D eigenvalue weighted by molar-refractivity contribution is -0.118. The Morgan fingerprint density at radius 2 is 2.04 bits per heavy atom. The number of hydrogen-bond acceptors (Lipinski definition) is 5. The number of thioether (sulfide) groups is 1. The Morgan fingerprint density at radius 3 is 2.75 bits per heavy atom. The average Bonchev–Trinajstić information content (AvgIpc) is 3.35. The Hall–Kier alpha value is -2.25. The van der Waals surface area contributed by atoms with E-state index in [1.807, 2.05) is 41.0 Å². The van der Waals surface area contributed by atoms with Crippen molar-refractivity contribution in [3.8, 4) is 11.4 Å². The predicted octanol–water partition coefficient (Wildman–Crippen LogP) is 4.64. The molecule has 2 heterocycles. The summed E-state index contributed by atoms with van der Waals surface area (Å²) in [6.07, 6.45) is 4.89. The zero-order valence-corrected chi connectivity index (χ0v) is 17.3. The van der Waals surface area contributed by atoms with Gasteiger partial charge in [0.05, 0.1) is 18.6 Å². The normalized spacial score (nSPS) is 10.9. The van der Waals surface area contributed by atoms with Crippen LogP contribution in [-0.2, 0) is 11.3 Å². The van der Waals surface area contributed by atoms with Gasteiger partial charge in [-0.15, -0.1) is 10.2 Å². The number of rotatable bonds is 10. The second kappa shape index (κ2) is 10.3. The van der Waals surface area contributed by atoms with Crippen molar-refractivity contribution in [2.24, 2.45) is 0 Å². The van der Waals surface area contributed by atoms with E-state index in [1.165, 1.54) is 11.8 Å². The van der Waals surface area contributed by atoms with Gasteiger partial charge in [0.25, 0.3) is 0 Å². The number of hydrogen-bond donors (Lipinski definition) is 1. The van der Waals surface area contributed by atoms with Crippen molar-refractivity contribution in [3.05, 3.63) is 53.4 Å². The van der Waals surface area contributed by atoms with Crippen LogP contribution in [0.5, 0.6) is 0 Å². The number of unbranched alkanes of at least 4 members (excludes halogenated alkanes) is 2. The highest BCUT2D eigenvalue weighted by Crippen LogP contribution is 2.26. The average molecular weight is 419 g/mol. The van der Waals surface area contributed by atoms with E-state index in [0.29, 0.717) is 34.8 Å². The summed E-state index contributed by atoms with van der Waals surface area (Å²) >= 11 is 7.37. The molecule has 28 heavy (non-hydrogen) atoms. The largest absolute Gasteiger partial charge is 0.467 e. The van der Waals surface area contributed by atoms with Gasteiger partial charge in [0, 0.05) is 17.1 Å². The summed E-state index contributed by atoms with van der Waals surface area (Å²) < 4.78 is 7.44. The molecule has 0 atom stereocenters. The van der Waals surface area contributed by atoms with Gasteiger partial charge in [0.2, 0.25) is 5.91 Å². The van der Waals surface area contributed by atoms with Crippen LogP contribution in [0.4, 0.5) is 0 Å². The molecule has 1 aromatic carbocycles. The first kappa shape index (κ1) is 20.5. The molecule has 0 saturated heterocycles. The van der Waals surface area contributed by atoms with Crippen LogP contribution >= 0.6 is 23.4 Å². The zero-order chi connectivity index (χ0) is 19.8. The molecule has 1 N–H and O–H groups in total. The molecule has 0 aliphatic heterocycles. The zero-order valence-electron chi connectivity index (χ0n) is 15.7. The third-order valence-electron chi connectivity index (χ3n) is 4.15. The lowest BCUT2D eigenvalue weighted by Crippen LogP contribution is -2.26. The van der Waals surface area contributed by atoms with Gasteiger partial charge in [-0.05, 0) is 42.8 Å². The highest BCUT2D eigenvalue weighted by molar-refractivity contribution is 7.99. The quantitative estimate of drug-likeness (QED) is 0.383. The Kier molecular flexibility index (Phi) is 7.56. The third-order valence-corrected chi connectivity index (χ3v) is 5.37. The third kappa shape index (κ3) is 5.62. The number of halogens is 1. The Balaban J connectivity index is 1.73. The number of aromatic nitrogens is 3. The molecule has 6 nitrogen and oxygen atoms in total. The minimum absolute atomic E-state index is 0.00157. The molecule has 0 aliphatic carbocycles. The molecule has 148 valence electrons. The van der Waals surface area contributed by atoms with Gasteiger partial charge in [-0.2, -0.15) is 0 Å². The van der Waals surface area contributed by atoms with Crippen LogP contribution in [0.1, 0.15) is 31.9 Å². The number of benzene rings is 1. The van der Waals surface area contributed by atoms with E-state index in [4.69, 9.17) is 16.0 Å². The molecular weight excluding hydrogens is 396 g/mol. The van der Waals surface area contributed by atoms with E-state index in [1.54, 1.807) is 6.26 Å².